The Morgan fingerprint density at radius 2 is 1.90 bits per heavy atom. The third kappa shape index (κ3) is 7.33. The largest absolute Gasteiger partial charge is 0.379 e. The molecule has 2 N–H and O–H groups in total. The number of guanidine groups is 1. The number of nitrogens with one attached hydrogen (secondary N) is 2. The molecule has 118 valence electrons. The highest BCUT2D eigenvalue weighted by atomic mass is 16.5. The van der Waals surface area contributed by atoms with E-state index in [9.17, 15) is 4.79 Å². The molecule has 1 atom stereocenters. The van der Waals surface area contributed by atoms with Gasteiger partial charge in [0, 0.05) is 34.3 Å². The fraction of sp³-hybridized carbons (Fsp3) is 0.857. The first-order valence-corrected chi connectivity index (χ1v) is 6.97. The van der Waals surface area contributed by atoms with E-state index in [1.54, 1.807) is 21.2 Å². The molecule has 20 heavy (non-hydrogen) atoms. The SMILES string of the molecule is CCNC(=NCC(=O)N(C)C)NCC(OC)C(C)(C)C. The summed E-state index contributed by atoms with van der Waals surface area (Å²) >= 11 is 0. The van der Waals surface area contributed by atoms with Crippen molar-refractivity contribution >= 4 is 11.9 Å². The van der Waals surface area contributed by atoms with Crippen LogP contribution in [0.3, 0.4) is 0 Å². The van der Waals surface area contributed by atoms with Gasteiger partial charge in [0.15, 0.2) is 5.96 Å². The molecule has 0 aromatic carbocycles. The predicted molar refractivity (Wildman–Crippen MR) is 82.9 cm³/mol. The van der Waals surface area contributed by atoms with Gasteiger partial charge in [-0.25, -0.2) is 4.99 Å². The number of aliphatic imine (C=N–C) groups is 1. The first kappa shape index (κ1) is 18.7. The van der Waals surface area contributed by atoms with Gasteiger partial charge in [0.25, 0.3) is 0 Å². The molecule has 0 saturated carbocycles. The topological polar surface area (TPSA) is 66.0 Å². The molecule has 6 nitrogen and oxygen atoms in total. The van der Waals surface area contributed by atoms with Crippen molar-refractivity contribution in [2.75, 3.05) is 40.8 Å². The predicted octanol–water partition coefficient (Wildman–Crippen LogP) is 0.691. The first-order valence-electron chi connectivity index (χ1n) is 6.97. The molecule has 0 aliphatic carbocycles. The van der Waals surface area contributed by atoms with Crippen molar-refractivity contribution in [3.8, 4) is 0 Å². The van der Waals surface area contributed by atoms with E-state index in [0.717, 1.165) is 6.54 Å². The zero-order valence-electron chi connectivity index (χ0n) is 13.9. The van der Waals surface area contributed by atoms with Gasteiger partial charge in [-0.05, 0) is 12.3 Å². The highest BCUT2D eigenvalue weighted by Gasteiger charge is 2.24. The van der Waals surface area contributed by atoms with Gasteiger partial charge in [0.2, 0.25) is 5.91 Å². The van der Waals surface area contributed by atoms with Crippen LogP contribution < -0.4 is 10.6 Å². The van der Waals surface area contributed by atoms with Crippen molar-refractivity contribution in [2.24, 2.45) is 10.4 Å². The smallest absolute Gasteiger partial charge is 0.243 e. The highest BCUT2D eigenvalue weighted by molar-refractivity contribution is 5.84. The van der Waals surface area contributed by atoms with Crippen LogP contribution >= 0.6 is 0 Å². The Bertz CT molecular complexity index is 322. The van der Waals surface area contributed by atoms with Gasteiger partial charge in [-0.2, -0.15) is 0 Å². The number of ether oxygens (including phenoxy) is 1. The maximum Gasteiger partial charge on any atom is 0.243 e. The Kier molecular flexibility index (Phi) is 8.22. The minimum Gasteiger partial charge on any atom is -0.379 e. The van der Waals surface area contributed by atoms with Gasteiger partial charge < -0.3 is 20.3 Å². The van der Waals surface area contributed by atoms with Crippen LogP contribution in [-0.4, -0.2) is 63.7 Å². The van der Waals surface area contributed by atoms with Crippen LogP contribution in [-0.2, 0) is 9.53 Å². The Labute approximate surface area is 123 Å². The van der Waals surface area contributed by atoms with Crippen LogP contribution in [0, 0.1) is 5.41 Å². The molecule has 0 aromatic rings. The van der Waals surface area contributed by atoms with Crippen LogP contribution in [0.5, 0.6) is 0 Å². The molecular weight excluding hydrogens is 256 g/mol. The normalized spacial score (nSPS) is 13.8. The lowest BCUT2D eigenvalue weighted by molar-refractivity contribution is -0.127. The third-order valence-corrected chi connectivity index (χ3v) is 2.92. The molecule has 0 aliphatic heterocycles. The van der Waals surface area contributed by atoms with Crippen molar-refractivity contribution < 1.29 is 9.53 Å². The zero-order valence-corrected chi connectivity index (χ0v) is 13.9. The van der Waals surface area contributed by atoms with Crippen molar-refractivity contribution in [3.05, 3.63) is 0 Å². The van der Waals surface area contributed by atoms with Crippen molar-refractivity contribution in [1.29, 1.82) is 0 Å². The summed E-state index contributed by atoms with van der Waals surface area (Å²) in [5, 5.41) is 6.34. The van der Waals surface area contributed by atoms with E-state index in [2.05, 4.69) is 36.4 Å². The van der Waals surface area contributed by atoms with Gasteiger partial charge in [-0.15, -0.1) is 0 Å². The molecule has 0 spiro atoms. The Hall–Kier alpha value is -1.30. The number of amides is 1. The molecule has 0 saturated heterocycles. The van der Waals surface area contributed by atoms with E-state index >= 15 is 0 Å². The third-order valence-electron chi connectivity index (χ3n) is 2.92. The molecule has 0 fully saturated rings. The number of methoxy groups -OCH3 is 1. The molecule has 0 bridgehead atoms. The molecule has 0 heterocycles. The average molecular weight is 286 g/mol. The van der Waals surface area contributed by atoms with Gasteiger partial charge in [0.1, 0.15) is 6.54 Å². The Morgan fingerprint density at radius 1 is 1.30 bits per heavy atom. The number of carbonyl (C=O) groups is 1. The molecule has 1 amide bonds. The fourth-order valence-electron chi connectivity index (χ4n) is 1.56. The molecular formula is C14H30N4O2. The molecule has 1 unspecified atom stereocenters. The summed E-state index contributed by atoms with van der Waals surface area (Å²) in [7, 11) is 5.15. The molecule has 0 rings (SSSR count). The van der Waals surface area contributed by atoms with Crippen LogP contribution in [0.4, 0.5) is 0 Å². The quantitative estimate of drug-likeness (QED) is 0.557. The average Bonchev–Trinajstić information content (AvgIpc) is 2.34. The number of hydrogen-bond donors (Lipinski definition) is 2. The van der Waals surface area contributed by atoms with Gasteiger partial charge in [-0.3, -0.25) is 4.79 Å². The lowest BCUT2D eigenvalue weighted by Crippen LogP contribution is -2.45. The number of nitrogens with zero attached hydrogens (tertiary/aromatic N) is 2. The summed E-state index contributed by atoms with van der Waals surface area (Å²) < 4.78 is 5.49. The summed E-state index contributed by atoms with van der Waals surface area (Å²) in [6.45, 7) is 9.89. The second kappa shape index (κ2) is 8.79. The zero-order chi connectivity index (χ0) is 15.8. The second-order valence-electron chi connectivity index (χ2n) is 5.95. The fourth-order valence-corrected chi connectivity index (χ4v) is 1.56. The minimum absolute atomic E-state index is 0.0266. The molecule has 0 aliphatic rings. The maximum absolute atomic E-state index is 11.5. The Morgan fingerprint density at radius 3 is 2.30 bits per heavy atom. The molecule has 0 aromatic heterocycles. The summed E-state index contributed by atoms with van der Waals surface area (Å²) in [5.41, 5.74) is 0.0402. The van der Waals surface area contributed by atoms with Crippen LogP contribution in [0.25, 0.3) is 0 Å². The Balaban J connectivity index is 4.54. The number of hydrogen-bond acceptors (Lipinski definition) is 3. The van der Waals surface area contributed by atoms with E-state index in [-0.39, 0.29) is 24.0 Å². The van der Waals surface area contributed by atoms with Crippen LogP contribution in [0.2, 0.25) is 0 Å². The van der Waals surface area contributed by atoms with Crippen molar-refractivity contribution in [3.63, 3.8) is 0 Å². The summed E-state index contributed by atoms with van der Waals surface area (Å²) in [4.78, 5) is 17.3. The van der Waals surface area contributed by atoms with E-state index in [1.165, 1.54) is 4.90 Å². The van der Waals surface area contributed by atoms with Crippen LogP contribution in [0.15, 0.2) is 4.99 Å². The number of carbonyl (C=O) groups excluding carboxylic acids is 1. The van der Waals surface area contributed by atoms with E-state index in [4.69, 9.17) is 4.74 Å². The summed E-state index contributed by atoms with van der Waals surface area (Å²) in [6, 6.07) is 0. The second-order valence-corrected chi connectivity index (χ2v) is 5.95. The van der Waals surface area contributed by atoms with E-state index < -0.39 is 0 Å². The van der Waals surface area contributed by atoms with E-state index in [0.29, 0.717) is 12.5 Å². The first-order chi connectivity index (χ1) is 9.22. The summed E-state index contributed by atoms with van der Waals surface area (Å²) in [6.07, 6.45) is 0.0657. The van der Waals surface area contributed by atoms with Gasteiger partial charge >= 0.3 is 0 Å². The van der Waals surface area contributed by atoms with Crippen molar-refractivity contribution in [2.45, 2.75) is 33.8 Å². The number of rotatable bonds is 6. The maximum atomic E-state index is 11.5. The number of likely N-dealkylation sites (N-methyl/N-ethyl adjacent to an activating group) is 1. The lowest BCUT2D eigenvalue weighted by atomic mass is 9.89. The van der Waals surface area contributed by atoms with Gasteiger partial charge in [-0.1, -0.05) is 20.8 Å². The standard InChI is InChI=1S/C14H30N4O2/c1-8-15-13(17-10-12(19)18(5)6)16-9-11(20-7)14(2,3)4/h11H,8-10H2,1-7H3,(H2,15,16,17). The lowest BCUT2D eigenvalue weighted by Gasteiger charge is -2.30. The minimum atomic E-state index is -0.0266. The highest BCUT2D eigenvalue weighted by Crippen LogP contribution is 2.20. The summed E-state index contributed by atoms with van der Waals surface area (Å²) in [5.74, 6) is 0.607. The van der Waals surface area contributed by atoms with Gasteiger partial charge in [0.05, 0.1) is 6.10 Å². The molecule has 0 radical (unpaired) electrons. The van der Waals surface area contributed by atoms with E-state index in [1.807, 2.05) is 6.92 Å². The van der Waals surface area contributed by atoms with Crippen molar-refractivity contribution in [1.82, 2.24) is 15.5 Å². The monoisotopic (exact) mass is 286 g/mol. The molecule has 6 heteroatoms. The van der Waals surface area contributed by atoms with Crippen LogP contribution in [0.1, 0.15) is 27.7 Å².